The Morgan fingerprint density at radius 1 is 1.41 bits per heavy atom. The van der Waals surface area contributed by atoms with E-state index in [0.717, 1.165) is 23.1 Å². The van der Waals surface area contributed by atoms with E-state index in [2.05, 4.69) is 6.08 Å². The third-order valence-corrected chi connectivity index (χ3v) is 4.07. The second-order valence-corrected chi connectivity index (χ2v) is 5.78. The van der Waals surface area contributed by atoms with Gasteiger partial charge in [0.15, 0.2) is 0 Å². The standard InChI is InChI=1S/C17H22O5/c1-10-4-6-13-14(9-18)17(20)22-16(13)8-11(2)15(7-5-10)21-12(3)19/h5,8,15-16,18H,4,6-7,9H2,1-3H3/b10-5+,11-8+/t15-,16+/m0/s1. The minimum atomic E-state index is -0.474. The lowest BCUT2D eigenvalue weighted by molar-refractivity contribution is -0.144. The van der Waals surface area contributed by atoms with Crippen molar-refractivity contribution in [3.05, 3.63) is 34.4 Å². The molecule has 5 heteroatoms. The van der Waals surface area contributed by atoms with Crippen molar-refractivity contribution in [2.45, 2.75) is 52.2 Å². The third-order valence-electron chi connectivity index (χ3n) is 4.07. The number of allylic oxidation sites excluding steroid dienone is 1. The number of ether oxygens (including phenoxy) is 2. The minimum Gasteiger partial charge on any atom is -0.458 e. The van der Waals surface area contributed by atoms with E-state index in [1.165, 1.54) is 6.92 Å². The second-order valence-electron chi connectivity index (χ2n) is 5.78. The van der Waals surface area contributed by atoms with Gasteiger partial charge < -0.3 is 14.6 Å². The fourth-order valence-corrected chi connectivity index (χ4v) is 2.77. The Morgan fingerprint density at radius 2 is 2.14 bits per heavy atom. The summed E-state index contributed by atoms with van der Waals surface area (Å²) in [7, 11) is 0. The van der Waals surface area contributed by atoms with Crippen molar-refractivity contribution in [2.75, 3.05) is 6.61 Å². The maximum Gasteiger partial charge on any atom is 0.337 e. The first-order valence-corrected chi connectivity index (χ1v) is 7.47. The zero-order valence-corrected chi connectivity index (χ0v) is 13.2. The first kappa shape index (κ1) is 16.5. The number of hydrogen-bond acceptors (Lipinski definition) is 5. The number of aliphatic hydroxyl groups excluding tert-OH is 1. The second kappa shape index (κ2) is 6.92. The van der Waals surface area contributed by atoms with Crippen molar-refractivity contribution in [3.63, 3.8) is 0 Å². The third kappa shape index (κ3) is 3.65. The molecule has 0 fully saturated rings. The van der Waals surface area contributed by atoms with Gasteiger partial charge in [0.25, 0.3) is 0 Å². The molecule has 0 amide bonds. The van der Waals surface area contributed by atoms with Crippen LogP contribution in [0.4, 0.5) is 0 Å². The number of esters is 2. The first-order chi connectivity index (χ1) is 10.4. The van der Waals surface area contributed by atoms with Gasteiger partial charge in [-0.15, -0.1) is 0 Å². The smallest absolute Gasteiger partial charge is 0.337 e. The van der Waals surface area contributed by atoms with Gasteiger partial charge in [-0.1, -0.05) is 11.6 Å². The Kier molecular flexibility index (Phi) is 5.19. The van der Waals surface area contributed by atoms with Crippen molar-refractivity contribution in [2.24, 2.45) is 0 Å². The Morgan fingerprint density at radius 3 is 2.77 bits per heavy atom. The van der Waals surface area contributed by atoms with E-state index in [-0.39, 0.29) is 18.7 Å². The van der Waals surface area contributed by atoms with E-state index in [4.69, 9.17) is 9.47 Å². The molecule has 0 saturated carbocycles. The number of fused-ring (bicyclic) bond motifs is 1. The molecular formula is C17H22O5. The summed E-state index contributed by atoms with van der Waals surface area (Å²) in [5.41, 5.74) is 3.18. The van der Waals surface area contributed by atoms with Crippen molar-refractivity contribution in [1.29, 1.82) is 0 Å². The number of carbonyl (C=O) groups excluding carboxylic acids is 2. The van der Waals surface area contributed by atoms with Crippen LogP contribution >= 0.6 is 0 Å². The lowest BCUT2D eigenvalue weighted by Crippen LogP contribution is -2.20. The summed E-state index contributed by atoms with van der Waals surface area (Å²) in [6, 6.07) is 0. The van der Waals surface area contributed by atoms with Crippen LogP contribution in [-0.2, 0) is 19.1 Å². The van der Waals surface area contributed by atoms with E-state index in [1.807, 2.05) is 19.9 Å². The van der Waals surface area contributed by atoms with Gasteiger partial charge in [0.1, 0.15) is 12.2 Å². The Bertz CT molecular complexity index is 568. The molecule has 1 aliphatic heterocycles. The van der Waals surface area contributed by atoms with Gasteiger partial charge in [-0.25, -0.2) is 4.79 Å². The number of rotatable bonds is 2. The Hall–Kier alpha value is -1.88. The van der Waals surface area contributed by atoms with E-state index >= 15 is 0 Å². The van der Waals surface area contributed by atoms with Crippen molar-refractivity contribution < 1.29 is 24.2 Å². The van der Waals surface area contributed by atoms with E-state index < -0.39 is 12.1 Å². The molecule has 1 N–H and O–H groups in total. The largest absolute Gasteiger partial charge is 0.458 e. The zero-order valence-electron chi connectivity index (χ0n) is 13.2. The molecule has 2 rings (SSSR count). The quantitative estimate of drug-likeness (QED) is 0.625. The highest BCUT2D eigenvalue weighted by atomic mass is 16.6. The van der Waals surface area contributed by atoms with Gasteiger partial charge in [0.05, 0.1) is 12.2 Å². The summed E-state index contributed by atoms with van der Waals surface area (Å²) in [4.78, 5) is 23.1. The molecule has 1 heterocycles. The molecule has 2 aliphatic rings. The maximum atomic E-state index is 11.8. The molecule has 1 aliphatic carbocycles. The maximum absolute atomic E-state index is 11.8. The van der Waals surface area contributed by atoms with Crippen LogP contribution in [0.3, 0.4) is 0 Å². The molecule has 0 bridgehead atoms. The van der Waals surface area contributed by atoms with Crippen LogP contribution in [0.15, 0.2) is 34.4 Å². The van der Waals surface area contributed by atoms with Crippen LogP contribution in [0, 0.1) is 0 Å². The molecular weight excluding hydrogens is 284 g/mol. The molecule has 0 aromatic rings. The van der Waals surface area contributed by atoms with Crippen LogP contribution in [0.1, 0.15) is 40.0 Å². The Balaban J connectivity index is 2.38. The molecule has 0 aromatic carbocycles. The summed E-state index contributed by atoms with van der Waals surface area (Å²) >= 11 is 0. The molecule has 120 valence electrons. The monoisotopic (exact) mass is 306 g/mol. The average molecular weight is 306 g/mol. The number of hydrogen-bond donors (Lipinski definition) is 1. The van der Waals surface area contributed by atoms with Crippen LogP contribution in [0.25, 0.3) is 0 Å². The molecule has 2 atom stereocenters. The number of aliphatic hydroxyl groups is 1. The van der Waals surface area contributed by atoms with Crippen molar-refractivity contribution in [1.82, 2.24) is 0 Å². The minimum absolute atomic E-state index is 0.312. The summed E-state index contributed by atoms with van der Waals surface area (Å²) in [6.45, 7) is 4.94. The zero-order chi connectivity index (χ0) is 16.3. The molecule has 22 heavy (non-hydrogen) atoms. The summed E-state index contributed by atoms with van der Waals surface area (Å²) in [5, 5.41) is 9.40. The van der Waals surface area contributed by atoms with Crippen LogP contribution in [0.2, 0.25) is 0 Å². The fourth-order valence-electron chi connectivity index (χ4n) is 2.77. The lowest BCUT2D eigenvalue weighted by atomic mass is 9.93. The van der Waals surface area contributed by atoms with Crippen molar-refractivity contribution >= 4 is 11.9 Å². The van der Waals surface area contributed by atoms with Crippen LogP contribution in [-0.4, -0.2) is 35.9 Å². The van der Waals surface area contributed by atoms with Gasteiger partial charge in [-0.2, -0.15) is 0 Å². The normalized spacial score (nSPS) is 30.6. The van der Waals surface area contributed by atoms with Crippen molar-refractivity contribution in [3.8, 4) is 0 Å². The average Bonchev–Trinajstić information content (AvgIpc) is 2.74. The van der Waals surface area contributed by atoms with Gasteiger partial charge in [-0.3, -0.25) is 4.79 Å². The summed E-state index contributed by atoms with van der Waals surface area (Å²) < 4.78 is 10.7. The van der Waals surface area contributed by atoms with Gasteiger partial charge in [0.2, 0.25) is 0 Å². The van der Waals surface area contributed by atoms with Gasteiger partial charge in [-0.05, 0) is 43.9 Å². The number of carbonyl (C=O) groups is 2. The van der Waals surface area contributed by atoms with Gasteiger partial charge >= 0.3 is 11.9 Å². The highest BCUT2D eigenvalue weighted by Crippen LogP contribution is 2.31. The van der Waals surface area contributed by atoms with E-state index in [1.54, 1.807) is 0 Å². The van der Waals surface area contributed by atoms with Gasteiger partial charge in [0, 0.05) is 13.3 Å². The predicted molar refractivity (Wildman–Crippen MR) is 80.9 cm³/mol. The molecule has 0 radical (unpaired) electrons. The SMILES string of the molecule is CC(=O)O[C@H]1C/C=C(\C)CCC2=C(CO)C(=O)O[C@@H]2/C=C/1C. The summed E-state index contributed by atoms with van der Waals surface area (Å²) in [6.07, 6.45) is 5.12. The highest BCUT2D eigenvalue weighted by molar-refractivity contribution is 5.93. The molecule has 0 saturated heterocycles. The Labute approximate surface area is 130 Å². The topological polar surface area (TPSA) is 72.8 Å². The van der Waals surface area contributed by atoms with Crippen LogP contribution in [0.5, 0.6) is 0 Å². The molecule has 5 nitrogen and oxygen atoms in total. The first-order valence-electron chi connectivity index (χ1n) is 7.47. The highest BCUT2D eigenvalue weighted by Gasteiger charge is 2.32. The van der Waals surface area contributed by atoms with E-state index in [0.29, 0.717) is 18.4 Å². The predicted octanol–water partition coefficient (Wildman–Crippen LogP) is 2.21. The molecule has 0 aromatic heterocycles. The molecule has 0 unspecified atom stereocenters. The molecule has 0 spiro atoms. The lowest BCUT2D eigenvalue weighted by Gasteiger charge is -2.20. The van der Waals surface area contributed by atoms with Crippen LogP contribution < -0.4 is 0 Å². The van der Waals surface area contributed by atoms with E-state index in [9.17, 15) is 14.7 Å². The fraction of sp³-hybridized carbons (Fsp3) is 0.529. The summed E-state index contributed by atoms with van der Waals surface area (Å²) in [5.74, 6) is -0.799.